The van der Waals surface area contributed by atoms with E-state index in [1.165, 1.54) is 16.7 Å². The molecule has 0 aliphatic rings. The second-order valence-electron chi connectivity index (χ2n) is 4.09. The van der Waals surface area contributed by atoms with Crippen molar-refractivity contribution >= 4 is 28.3 Å². The second-order valence-corrected chi connectivity index (χ2v) is 5.70. The van der Waals surface area contributed by atoms with Gasteiger partial charge in [-0.3, -0.25) is 0 Å². The number of thioether (sulfide) groups is 1. The molecule has 0 saturated heterocycles. The average Bonchev–Trinajstić information content (AvgIpc) is 2.32. The van der Waals surface area contributed by atoms with Gasteiger partial charge in [0.2, 0.25) is 0 Å². The Morgan fingerprint density at radius 2 is 1.83 bits per heavy atom. The summed E-state index contributed by atoms with van der Waals surface area (Å²) in [5.74, 6) is 0.975. The molecular formula is C14H24N2S2. The fourth-order valence-electron chi connectivity index (χ4n) is 1.68. The first-order valence-electron chi connectivity index (χ1n) is 6.06. The summed E-state index contributed by atoms with van der Waals surface area (Å²) >= 11 is 7.20. The van der Waals surface area contributed by atoms with Gasteiger partial charge in [0.05, 0.1) is 0 Å². The highest BCUT2D eigenvalue weighted by atomic mass is 32.2. The van der Waals surface area contributed by atoms with E-state index >= 15 is 0 Å². The van der Waals surface area contributed by atoms with Gasteiger partial charge >= 0.3 is 0 Å². The van der Waals surface area contributed by atoms with E-state index in [0.717, 1.165) is 23.2 Å². The molecule has 0 aliphatic carbocycles. The molecule has 0 saturated carbocycles. The summed E-state index contributed by atoms with van der Waals surface area (Å²) in [6.07, 6.45) is 0. The van der Waals surface area contributed by atoms with Crippen molar-refractivity contribution in [1.82, 2.24) is 11.1 Å². The van der Waals surface area contributed by atoms with Crippen LogP contribution < -0.4 is 6.15 Å². The van der Waals surface area contributed by atoms with E-state index in [2.05, 4.69) is 50.8 Å². The fraction of sp³-hybridized carbons (Fsp3) is 0.500. The Morgan fingerprint density at radius 1 is 1.22 bits per heavy atom. The minimum Gasteiger partial charge on any atom is -0.358 e. The molecule has 3 N–H and O–H groups in total. The molecule has 1 aromatic rings. The number of rotatable bonds is 4. The maximum absolute atomic E-state index is 5.44. The smallest absolute Gasteiger partial charge is 0.136 e. The summed E-state index contributed by atoms with van der Waals surface area (Å²) in [5, 5.41) is 0. The van der Waals surface area contributed by atoms with Crippen LogP contribution in [0.4, 0.5) is 0 Å². The number of aryl methyl sites for hydroxylation is 1. The van der Waals surface area contributed by atoms with Crippen LogP contribution in [0.5, 0.6) is 0 Å². The molecule has 0 amide bonds. The molecule has 4 heteroatoms. The zero-order chi connectivity index (χ0) is 12.8. The molecular weight excluding hydrogens is 260 g/mol. The Bertz CT molecular complexity index is 387. The number of benzene rings is 1. The van der Waals surface area contributed by atoms with E-state index < -0.39 is 0 Å². The van der Waals surface area contributed by atoms with Crippen LogP contribution in [0, 0.1) is 13.8 Å². The zero-order valence-electron chi connectivity index (χ0n) is 11.8. The molecule has 0 radical (unpaired) electrons. The van der Waals surface area contributed by atoms with Gasteiger partial charge in [-0.05, 0) is 44.4 Å². The highest BCUT2D eigenvalue weighted by molar-refractivity contribution is 8.22. The third-order valence-electron chi connectivity index (χ3n) is 3.09. The lowest BCUT2D eigenvalue weighted by Gasteiger charge is -2.21. The highest BCUT2D eigenvalue weighted by Crippen LogP contribution is 2.21. The Morgan fingerprint density at radius 3 is 2.39 bits per heavy atom. The Balaban J connectivity index is 0.00000289. The lowest BCUT2D eigenvalue weighted by molar-refractivity contribution is 0.482. The van der Waals surface area contributed by atoms with Gasteiger partial charge in [0.1, 0.15) is 4.32 Å². The van der Waals surface area contributed by atoms with E-state index in [1.54, 1.807) is 11.8 Å². The molecule has 0 aliphatic heterocycles. The molecule has 2 nitrogen and oxygen atoms in total. The Hall–Kier alpha value is -0.580. The van der Waals surface area contributed by atoms with Crippen molar-refractivity contribution in [2.24, 2.45) is 0 Å². The molecule has 0 heterocycles. The standard InChI is InChI=1S/C14H21NS2.H3N/c1-5-15(6-2)14(16)17-10-13-9-7-8-11(3)12(13)4;/h7-9H,5-6,10H2,1-4H3;1H3. The Kier molecular flexibility index (Phi) is 8.24. The van der Waals surface area contributed by atoms with Crippen molar-refractivity contribution in [2.75, 3.05) is 13.1 Å². The van der Waals surface area contributed by atoms with Gasteiger partial charge in [0.25, 0.3) is 0 Å². The van der Waals surface area contributed by atoms with Crippen LogP contribution in [-0.2, 0) is 5.75 Å². The summed E-state index contributed by atoms with van der Waals surface area (Å²) in [4.78, 5) is 2.23. The zero-order valence-corrected chi connectivity index (χ0v) is 13.5. The highest BCUT2D eigenvalue weighted by Gasteiger charge is 2.07. The van der Waals surface area contributed by atoms with Crippen LogP contribution in [0.15, 0.2) is 18.2 Å². The molecule has 0 fully saturated rings. The van der Waals surface area contributed by atoms with Crippen LogP contribution >= 0.6 is 24.0 Å². The minimum atomic E-state index is 0. The Labute approximate surface area is 121 Å². The third kappa shape index (κ3) is 4.59. The van der Waals surface area contributed by atoms with Crippen molar-refractivity contribution < 1.29 is 0 Å². The molecule has 1 aromatic carbocycles. The number of nitrogens with zero attached hydrogens (tertiary/aromatic N) is 1. The SMILES string of the molecule is CCN(CC)C(=S)SCc1cccc(C)c1C.N. The molecule has 0 atom stereocenters. The van der Waals surface area contributed by atoms with E-state index in [1.807, 2.05) is 0 Å². The van der Waals surface area contributed by atoms with Crippen molar-refractivity contribution in [1.29, 1.82) is 0 Å². The lowest BCUT2D eigenvalue weighted by Crippen LogP contribution is -2.26. The van der Waals surface area contributed by atoms with Gasteiger partial charge in [-0.15, -0.1) is 0 Å². The molecule has 102 valence electrons. The summed E-state index contributed by atoms with van der Waals surface area (Å²) in [6.45, 7) is 10.6. The maximum Gasteiger partial charge on any atom is 0.136 e. The van der Waals surface area contributed by atoms with Gasteiger partial charge in [-0.25, -0.2) is 0 Å². The first kappa shape index (κ1) is 17.4. The number of hydrogen-bond donors (Lipinski definition) is 1. The minimum absolute atomic E-state index is 0. The summed E-state index contributed by atoms with van der Waals surface area (Å²) in [7, 11) is 0. The van der Waals surface area contributed by atoms with E-state index in [-0.39, 0.29) is 6.15 Å². The first-order valence-corrected chi connectivity index (χ1v) is 7.46. The van der Waals surface area contributed by atoms with Gasteiger partial charge in [0, 0.05) is 18.8 Å². The van der Waals surface area contributed by atoms with Crippen molar-refractivity contribution in [3.8, 4) is 0 Å². The number of thiocarbonyl (C=S) groups is 1. The van der Waals surface area contributed by atoms with Crippen LogP contribution in [0.3, 0.4) is 0 Å². The van der Waals surface area contributed by atoms with Gasteiger partial charge in [-0.2, -0.15) is 0 Å². The van der Waals surface area contributed by atoms with E-state index in [0.29, 0.717) is 0 Å². The van der Waals surface area contributed by atoms with Crippen molar-refractivity contribution in [3.63, 3.8) is 0 Å². The average molecular weight is 284 g/mol. The number of hydrogen-bond acceptors (Lipinski definition) is 3. The third-order valence-corrected chi connectivity index (χ3v) is 4.66. The molecule has 0 spiro atoms. The predicted molar refractivity (Wildman–Crippen MR) is 87.8 cm³/mol. The lowest BCUT2D eigenvalue weighted by atomic mass is 10.1. The van der Waals surface area contributed by atoms with Gasteiger partial charge in [0.15, 0.2) is 0 Å². The largest absolute Gasteiger partial charge is 0.358 e. The van der Waals surface area contributed by atoms with Crippen LogP contribution in [-0.4, -0.2) is 22.3 Å². The summed E-state index contributed by atoms with van der Waals surface area (Å²) < 4.78 is 1.01. The van der Waals surface area contributed by atoms with Gasteiger partial charge in [-0.1, -0.05) is 42.2 Å². The quantitative estimate of drug-likeness (QED) is 0.835. The van der Waals surface area contributed by atoms with Crippen LogP contribution in [0.25, 0.3) is 0 Å². The predicted octanol–water partition coefficient (Wildman–Crippen LogP) is 4.33. The molecule has 0 bridgehead atoms. The molecule has 18 heavy (non-hydrogen) atoms. The van der Waals surface area contributed by atoms with Crippen LogP contribution in [0.2, 0.25) is 0 Å². The molecule has 0 aromatic heterocycles. The maximum atomic E-state index is 5.44. The second kappa shape index (κ2) is 8.51. The normalized spacial score (nSPS) is 9.78. The van der Waals surface area contributed by atoms with Gasteiger partial charge < -0.3 is 11.1 Å². The van der Waals surface area contributed by atoms with Crippen molar-refractivity contribution in [2.45, 2.75) is 33.4 Å². The van der Waals surface area contributed by atoms with Crippen LogP contribution in [0.1, 0.15) is 30.5 Å². The molecule has 1 rings (SSSR count). The topological polar surface area (TPSA) is 38.2 Å². The van der Waals surface area contributed by atoms with E-state index in [9.17, 15) is 0 Å². The monoisotopic (exact) mass is 284 g/mol. The molecule has 0 unspecified atom stereocenters. The van der Waals surface area contributed by atoms with E-state index in [4.69, 9.17) is 12.2 Å². The first-order chi connectivity index (χ1) is 8.10. The van der Waals surface area contributed by atoms with Crippen molar-refractivity contribution in [3.05, 3.63) is 34.9 Å². The summed E-state index contributed by atoms with van der Waals surface area (Å²) in [6, 6.07) is 6.48. The summed E-state index contributed by atoms with van der Waals surface area (Å²) in [5.41, 5.74) is 4.14. The fourth-order valence-corrected chi connectivity index (χ4v) is 3.15.